The first-order valence-corrected chi connectivity index (χ1v) is 9.66. The van der Waals surface area contributed by atoms with Crippen LogP contribution in [0.15, 0.2) is 47.3 Å². The summed E-state index contributed by atoms with van der Waals surface area (Å²) in [5.74, 6) is -0.548. The first kappa shape index (κ1) is 21.5. The van der Waals surface area contributed by atoms with Gasteiger partial charge in [-0.1, -0.05) is 44.2 Å². The molecule has 3 aromatic rings. The molecule has 3 rings (SSSR count). The molecule has 2 aromatic carbocycles. The number of alkyl halides is 3. The molecule has 0 bridgehead atoms. The number of amides is 1. The molecule has 1 amide bonds. The van der Waals surface area contributed by atoms with Crippen LogP contribution in [0, 0.1) is 6.92 Å². The van der Waals surface area contributed by atoms with Crippen molar-refractivity contribution in [3.05, 3.63) is 69.6 Å². The number of para-hydroxylation sites is 3. The molecule has 5 nitrogen and oxygen atoms in total. The first-order valence-electron chi connectivity index (χ1n) is 9.66. The average molecular weight is 417 g/mol. The van der Waals surface area contributed by atoms with E-state index in [1.54, 1.807) is 13.0 Å². The van der Waals surface area contributed by atoms with Crippen LogP contribution in [0.5, 0.6) is 0 Å². The summed E-state index contributed by atoms with van der Waals surface area (Å²) in [5.41, 5.74) is -0.326. The van der Waals surface area contributed by atoms with E-state index in [1.165, 1.54) is 18.2 Å². The zero-order valence-corrected chi connectivity index (χ0v) is 16.9. The number of halogens is 3. The third-order valence-corrected chi connectivity index (χ3v) is 5.05. The predicted molar refractivity (Wildman–Crippen MR) is 110 cm³/mol. The Labute approximate surface area is 171 Å². The Morgan fingerprint density at radius 3 is 2.47 bits per heavy atom. The highest BCUT2D eigenvalue weighted by Gasteiger charge is 2.38. The summed E-state index contributed by atoms with van der Waals surface area (Å²) in [6, 6.07) is 10.5. The lowest BCUT2D eigenvalue weighted by Gasteiger charge is -2.22. The van der Waals surface area contributed by atoms with Crippen molar-refractivity contribution in [2.24, 2.45) is 0 Å². The predicted octanol–water partition coefficient (Wildman–Crippen LogP) is 4.88. The molecule has 0 fully saturated rings. The average Bonchev–Trinajstić information content (AvgIpc) is 2.70. The molecule has 1 atom stereocenters. The Balaban J connectivity index is 2.17. The fourth-order valence-electron chi connectivity index (χ4n) is 3.54. The first-order chi connectivity index (χ1) is 14.2. The molecule has 0 saturated carbocycles. The van der Waals surface area contributed by atoms with Gasteiger partial charge in [-0.15, -0.1) is 0 Å². The number of benzene rings is 2. The molecular formula is C22H22F3N3O2. The second kappa shape index (κ2) is 8.30. The van der Waals surface area contributed by atoms with Crippen molar-refractivity contribution in [3.63, 3.8) is 0 Å². The van der Waals surface area contributed by atoms with E-state index < -0.39 is 29.4 Å². The summed E-state index contributed by atoms with van der Waals surface area (Å²) < 4.78 is 41.2. The number of hydrogen-bond acceptors (Lipinski definition) is 3. The zero-order valence-electron chi connectivity index (χ0n) is 16.9. The lowest BCUT2D eigenvalue weighted by atomic mass is 10.0. The number of carbonyl (C=O) groups is 1. The number of aromatic nitrogens is 2. The maximum absolute atomic E-state index is 13.4. The van der Waals surface area contributed by atoms with Gasteiger partial charge in [0.1, 0.15) is 6.04 Å². The van der Waals surface area contributed by atoms with Crippen molar-refractivity contribution in [1.82, 2.24) is 9.55 Å². The highest BCUT2D eigenvalue weighted by Crippen LogP contribution is 2.29. The van der Waals surface area contributed by atoms with E-state index in [2.05, 4.69) is 10.3 Å². The molecule has 0 aliphatic carbocycles. The zero-order chi connectivity index (χ0) is 22.1. The van der Waals surface area contributed by atoms with E-state index in [0.717, 1.165) is 15.7 Å². The number of carbonyl (C=O) groups excluding carboxylic acids is 1. The van der Waals surface area contributed by atoms with Crippen LogP contribution in [0.25, 0.3) is 11.0 Å². The molecule has 0 radical (unpaired) electrons. The largest absolute Gasteiger partial charge is 0.438 e. The number of hydrogen-bond donors (Lipinski definition) is 1. The normalized spacial score (nSPS) is 12.7. The van der Waals surface area contributed by atoms with Crippen molar-refractivity contribution in [3.8, 4) is 0 Å². The highest BCUT2D eigenvalue weighted by molar-refractivity contribution is 5.96. The number of nitrogens with one attached hydrogen (secondary N) is 1. The molecule has 8 heteroatoms. The standard InChI is InChI=1S/C22H22F3N3O2/c1-4-14-10-8-9-13(3)18(14)27-20(29)16(5-2)28-17-12-7-6-11-15(17)26-19(21(28)30)22(23,24)25/h6-12,16H,4-5H2,1-3H3,(H,27,29)/t16-/m0/s1. The number of rotatable bonds is 5. The lowest BCUT2D eigenvalue weighted by molar-refractivity contribution is -0.142. The SMILES string of the molecule is CCc1cccc(C)c1NC(=O)[C@H](CC)n1c(=O)c(C(F)(F)F)nc2ccccc21. The number of fused-ring (bicyclic) bond motifs is 1. The molecule has 0 spiro atoms. The summed E-state index contributed by atoms with van der Waals surface area (Å²) in [6.07, 6.45) is -4.13. The molecule has 0 unspecified atom stereocenters. The highest BCUT2D eigenvalue weighted by atomic mass is 19.4. The minimum Gasteiger partial charge on any atom is -0.324 e. The van der Waals surface area contributed by atoms with E-state index in [-0.39, 0.29) is 17.5 Å². The van der Waals surface area contributed by atoms with Crippen molar-refractivity contribution in [2.75, 3.05) is 5.32 Å². The van der Waals surface area contributed by atoms with Gasteiger partial charge in [0, 0.05) is 5.69 Å². The van der Waals surface area contributed by atoms with Gasteiger partial charge >= 0.3 is 6.18 Å². The van der Waals surface area contributed by atoms with Gasteiger partial charge in [0.15, 0.2) is 0 Å². The molecule has 1 aromatic heterocycles. The second-order valence-electron chi connectivity index (χ2n) is 7.00. The van der Waals surface area contributed by atoms with Crippen LogP contribution in [0.1, 0.15) is 43.1 Å². The Morgan fingerprint density at radius 1 is 1.13 bits per heavy atom. The Kier molecular flexibility index (Phi) is 5.96. The summed E-state index contributed by atoms with van der Waals surface area (Å²) in [4.78, 5) is 29.4. The van der Waals surface area contributed by atoms with Gasteiger partial charge in [0.25, 0.3) is 5.56 Å². The van der Waals surface area contributed by atoms with E-state index in [4.69, 9.17) is 0 Å². The van der Waals surface area contributed by atoms with Crippen LogP contribution in [-0.4, -0.2) is 15.5 Å². The van der Waals surface area contributed by atoms with E-state index in [1.807, 2.05) is 32.0 Å². The maximum atomic E-state index is 13.4. The van der Waals surface area contributed by atoms with Crippen LogP contribution < -0.4 is 10.9 Å². The molecule has 0 aliphatic rings. The Bertz CT molecular complexity index is 1150. The molecule has 1 N–H and O–H groups in total. The summed E-state index contributed by atoms with van der Waals surface area (Å²) in [6.45, 7) is 5.43. The Morgan fingerprint density at radius 2 is 1.83 bits per heavy atom. The number of nitrogens with zero attached hydrogens (tertiary/aromatic N) is 2. The smallest absolute Gasteiger partial charge is 0.324 e. The monoisotopic (exact) mass is 417 g/mol. The van der Waals surface area contributed by atoms with Crippen LogP contribution >= 0.6 is 0 Å². The summed E-state index contributed by atoms with van der Waals surface area (Å²) >= 11 is 0. The minimum absolute atomic E-state index is 0.000754. The van der Waals surface area contributed by atoms with Gasteiger partial charge in [-0.2, -0.15) is 13.2 Å². The van der Waals surface area contributed by atoms with Crippen LogP contribution in [0.3, 0.4) is 0 Å². The molecule has 0 saturated heterocycles. The van der Waals surface area contributed by atoms with Crippen molar-refractivity contribution in [1.29, 1.82) is 0 Å². The molecule has 0 aliphatic heterocycles. The van der Waals surface area contributed by atoms with Gasteiger partial charge in [0.05, 0.1) is 11.0 Å². The molecule has 158 valence electrons. The van der Waals surface area contributed by atoms with Crippen LogP contribution in [0.2, 0.25) is 0 Å². The minimum atomic E-state index is -4.93. The van der Waals surface area contributed by atoms with Crippen molar-refractivity contribution in [2.45, 2.75) is 45.8 Å². The van der Waals surface area contributed by atoms with Crippen LogP contribution in [-0.2, 0) is 17.4 Å². The fraction of sp³-hybridized carbons (Fsp3) is 0.318. The van der Waals surface area contributed by atoms with E-state index in [0.29, 0.717) is 12.1 Å². The van der Waals surface area contributed by atoms with Gasteiger partial charge in [-0.25, -0.2) is 4.98 Å². The van der Waals surface area contributed by atoms with Gasteiger partial charge in [-0.05, 0) is 43.0 Å². The number of anilines is 1. The summed E-state index contributed by atoms with van der Waals surface area (Å²) in [5, 5.41) is 2.83. The summed E-state index contributed by atoms with van der Waals surface area (Å²) in [7, 11) is 0. The van der Waals surface area contributed by atoms with E-state index >= 15 is 0 Å². The molecule has 1 heterocycles. The second-order valence-corrected chi connectivity index (χ2v) is 7.00. The maximum Gasteiger partial charge on any atom is 0.438 e. The molecular weight excluding hydrogens is 395 g/mol. The van der Waals surface area contributed by atoms with Gasteiger partial charge < -0.3 is 5.32 Å². The van der Waals surface area contributed by atoms with Crippen molar-refractivity contribution < 1.29 is 18.0 Å². The third-order valence-electron chi connectivity index (χ3n) is 5.05. The van der Waals surface area contributed by atoms with Crippen LogP contribution in [0.4, 0.5) is 18.9 Å². The topological polar surface area (TPSA) is 64.0 Å². The Hall–Kier alpha value is -3.16. The quantitative estimate of drug-likeness (QED) is 0.644. The lowest BCUT2D eigenvalue weighted by Crippen LogP contribution is -2.37. The molecule has 30 heavy (non-hydrogen) atoms. The fourth-order valence-corrected chi connectivity index (χ4v) is 3.54. The van der Waals surface area contributed by atoms with Crippen molar-refractivity contribution >= 4 is 22.6 Å². The number of aryl methyl sites for hydroxylation is 2. The van der Waals surface area contributed by atoms with E-state index in [9.17, 15) is 22.8 Å². The van der Waals surface area contributed by atoms with Gasteiger partial charge in [-0.3, -0.25) is 14.2 Å². The van der Waals surface area contributed by atoms with Gasteiger partial charge in [0.2, 0.25) is 11.6 Å². The third kappa shape index (κ3) is 3.94.